The average Bonchev–Trinajstić information content (AvgIpc) is 2.46. The summed E-state index contributed by atoms with van der Waals surface area (Å²) in [7, 11) is 1.55. The molecule has 1 heterocycles. The summed E-state index contributed by atoms with van der Waals surface area (Å²) in [6, 6.07) is 4.91. The Bertz CT molecular complexity index is 536. The maximum absolute atomic E-state index is 13.0. The largest absolute Gasteiger partial charge is 0.417 e. The highest BCUT2D eigenvalue weighted by molar-refractivity contribution is 5.95. The summed E-state index contributed by atoms with van der Waals surface area (Å²) in [4.78, 5) is 13.8. The van der Waals surface area contributed by atoms with Crippen molar-refractivity contribution in [1.82, 2.24) is 4.90 Å². The van der Waals surface area contributed by atoms with Gasteiger partial charge in [-0.3, -0.25) is 4.79 Å². The van der Waals surface area contributed by atoms with Crippen LogP contribution in [0.15, 0.2) is 24.3 Å². The number of nitrogens with zero attached hydrogens (tertiary/aromatic N) is 1. The van der Waals surface area contributed by atoms with Crippen molar-refractivity contribution in [2.45, 2.75) is 25.9 Å². The van der Waals surface area contributed by atoms with Gasteiger partial charge >= 0.3 is 6.18 Å². The third kappa shape index (κ3) is 3.80. The molecule has 122 valence electrons. The Morgan fingerprint density at radius 2 is 1.86 bits per heavy atom. The minimum atomic E-state index is -4.53. The molecule has 0 saturated carbocycles. The van der Waals surface area contributed by atoms with Crippen molar-refractivity contribution in [3.63, 3.8) is 0 Å². The van der Waals surface area contributed by atoms with Gasteiger partial charge in [-0.1, -0.05) is 19.1 Å². The van der Waals surface area contributed by atoms with E-state index in [0.29, 0.717) is 19.8 Å². The number of hydrogen-bond acceptors (Lipinski definition) is 2. The molecule has 0 spiro atoms. The zero-order valence-electron chi connectivity index (χ0n) is 12.7. The number of halogens is 3. The second kappa shape index (κ2) is 6.28. The number of ether oxygens (including phenoxy) is 1. The molecule has 0 aromatic heterocycles. The first kappa shape index (κ1) is 16.8. The number of carbonyl (C=O) groups is 1. The highest BCUT2D eigenvalue weighted by Gasteiger charge is 2.36. The lowest BCUT2D eigenvalue weighted by atomic mass is 9.82. The van der Waals surface area contributed by atoms with Crippen LogP contribution in [0.4, 0.5) is 13.2 Å². The predicted molar refractivity (Wildman–Crippen MR) is 76.6 cm³/mol. The van der Waals surface area contributed by atoms with E-state index in [9.17, 15) is 18.0 Å². The number of carbonyl (C=O) groups excluding carboxylic acids is 1. The minimum Gasteiger partial charge on any atom is -0.381 e. The lowest BCUT2D eigenvalue weighted by Crippen LogP contribution is -2.41. The molecule has 1 amide bonds. The molecule has 0 atom stereocenters. The van der Waals surface area contributed by atoms with Gasteiger partial charge in [0, 0.05) is 26.8 Å². The molecule has 1 saturated heterocycles. The van der Waals surface area contributed by atoms with E-state index in [0.717, 1.165) is 18.9 Å². The Morgan fingerprint density at radius 3 is 2.45 bits per heavy atom. The van der Waals surface area contributed by atoms with Crippen LogP contribution in [0, 0.1) is 5.41 Å². The average molecular weight is 315 g/mol. The predicted octanol–water partition coefficient (Wildman–Crippen LogP) is 3.59. The fourth-order valence-corrected chi connectivity index (χ4v) is 2.79. The Hall–Kier alpha value is -1.56. The summed E-state index contributed by atoms with van der Waals surface area (Å²) in [6.45, 7) is 3.70. The SMILES string of the molecule is CN(CC1(C)CCOCC1)C(=O)c1ccccc1C(F)(F)F. The Labute approximate surface area is 128 Å². The van der Waals surface area contributed by atoms with Gasteiger partial charge in [0.2, 0.25) is 0 Å². The number of benzene rings is 1. The van der Waals surface area contributed by atoms with Gasteiger partial charge in [0.15, 0.2) is 0 Å². The molecule has 22 heavy (non-hydrogen) atoms. The molecule has 0 N–H and O–H groups in total. The van der Waals surface area contributed by atoms with Gasteiger partial charge in [-0.15, -0.1) is 0 Å². The van der Waals surface area contributed by atoms with Gasteiger partial charge in [-0.2, -0.15) is 13.2 Å². The zero-order chi connectivity index (χ0) is 16.4. The van der Waals surface area contributed by atoms with E-state index in [1.807, 2.05) is 6.92 Å². The van der Waals surface area contributed by atoms with E-state index in [1.54, 1.807) is 7.05 Å². The van der Waals surface area contributed by atoms with Crippen LogP contribution in [0.25, 0.3) is 0 Å². The lowest BCUT2D eigenvalue weighted by Gasteiger charge is -2.37. The van der Waals surface area contributed by atoms with Crippen LogP contribution >= 0.6 is 0 Å². The summed E-state index contributed by atoms with van der Waals surface area (Å²) in [5.74, 6) is -0.597. The standard InChI is InChI=1S/C16H20F3NO2/c1-15(7-9-22-10-8-15)11-20(2)14(21)12-5-3-4-6-13(12)16(17,18)19/h3-6H,7-11H2,1-2H3. The zero-order valence-corrected chi connectivity index (χ0v) is 12.7. The summed E-state index contributed by atoms with van der Waals surface area (Å²) in [5.41, 5.74) is -1.30. The fraction of sp³-hybridized carbons (Fsp3) is 0.562. The van der Waals surface area contributed by atoms with Gasteiger partial charge in [-0.05, 0) is 30.4 Å². The Balaban J connectivity index is 2.18. The molecular weight excluding hydrogens is 295 g/mol. The van der Waals surface area contributed by atoms with E-state index < -0.39 is 17.6 Å². The molecule has 0 radical (unpaired) electrons. The van der Waals surface area contributed by atoms with Crippen LogP contribution < -0.4 is 0 Å². The first-order valence-electron chi connectivity index (χ1n) is 7.22. The minimum absolute atomic E-state index is 0.115. The molecule has 3 nitrogen and oxygen atoms in total. The van der Waals surface area contributed by atoms with Crippen LogP contribution in [0.2, 0.25) is 0 Å². The Morgan fingerprint density at radius 1 is 1.27 bits per heavy atom. The van der Waals surface area contributed by atoms with E-state index in [-0.39, 0.29) is 11.0 Å². The van der Waals surface area contributed by atoms with Crippen molar-refractivity contribution in [1.29, 1.82) is 0 Å². The van der Waals surface area contributed by atoms with Gasteiger partial charge < -0.3 is 9.64 Å². The molecule has 0 unspecified atom stereocenters. The summed E-state index contributed by atoms with van der Waals surface area (Å²) in [5, 5.41) is 0. The number of hydrogen-bond donors (Lipinski definition) is 0. The maximum atomic E-state index is 13.0. The van der Waals surface area contributed by atoms with Crippen molar-refractivity contribution in [2.24, 2.45) is 5.41 Å². The van der Waals surface area contributed by atoms with Gasteiger partial charge in [0.05, 0.1) is 11.1 Å². The molecule has 1 aliphatic rings. The quantitative estimate of drug-likeness (QED) is 0.853. The molecule has 1 aromatic rings. The number of alkyl halides is 3. The molecule has 2 rings (SSSR count). The topological polar surface area (TPSA) is 29.5 Å². The van der Waals surface area contributed by atoms with Crippen molar-refractivity contribution >= 4 is 5.91 Å². The van der Waals surface area contributed by atoms with Gasteiger partial charge in [0.25, 0.3) is 5.91 Å². The van der Waals surface area contributed by atoms with E-state index in [4.69, 9.17) is 4.74 Å². The fourth-order valence-electron chi connectivity index (χ4n) is 2.79. The molecule has 1 aromatic carbocycles. The molecule has 0 aliphatic carbocycles. The second-order valence-electron chi connectivity index (χ2n) is 6.13. The lowest BCUT2D eigenvalue weighted by molar-refractivity contribution is -0.138. The van der Waals surface area contributed by atoms with E-state index in [1.165, 1.54) is 23.1 Å². The number of rotatable bonds is 3. The highest BCUT2D eigenvalue weighted by atomic mass is 19.4. The van der Waals surface area contributed by atoms with Crippen LogP contribution in [0.1, 0.15) is 35.7 Å². The molecular formula is C16H20F3NO2. The van der Waals surface area contributed by atoms with Crippen LogP contribution in [-0.4, -0.2) is 37.6 Å². The first-order chi connectivity index (χ1) is 10.2. The summed E-state index contributed by atoms with van der Waals surface area (Å²) < 4.78 is 44.4. The smallest absolute Gasteiger partial charge is 0.381 e. The van der Waals surface area contributed by atoms with E-state index in [2.05, 4.69) is 0 Å². The third-order valence-electron chi connectivity index (χ3n) is 4.13. The van der Waals surface area contributed by atoms with Crippen LogP contribution in [0.5, 0.6) is 0 Å². The Kier molecular flexibility index (Phi) is 4.80. The van der Waals surface area contributed by atoms with Crippen LogP contribution in [0.3, 0.4) is 0 Å². The summed E-state index contributed by atoms with van der Waals surface area (Å²) >= 11 is 0. The second-order valence-corrected chi connectivity index (χ2v) is 6.13. The van der Waals surface area contributed by atoms with Gasteiger partial charge in [0.1, 0.15) is 0 Å². The highest BCUT2D eigenvalue weighted by Crippen LogP contribution is 2.34. The van der Waals surface area contributed by atoms with Crippen molar-refractivity contribution in [3.05, 3.63) is 35.4 Å². The molecule has 1 aliphatic heterocycles. The molecule has 0 bridgehead atoms. The summed E-state index contributed by atoms with van der Waals surface area (Å²) in [6.07, 6.45) is -2.94. The molecule has 1 fully saturated rings. The van der Waals surface area contributed by atoms with E-state index >= 15 is 0 Å². The van der Waals surface area contributed by atoms with Crippen molar-refractivity contribution in [2.75, 3.05) is 26.8 Å². The van der Waals surface area contributed by atoms with Crippen LogP contribution in [-0.2, 0) is 10.9 Å². The monoisotopic (exact) mass is 315 g/mol. The molecule has 6 heteroatoms. The first-order valence-corrected chi connectivity index (χ1v) is 7.22. The normalized spacial score (nSPS) is 18.0. The van der Waals surface area contributed by atoms with Crippen molar-refractivity contribution < 1.29 is 22.7 Å². The number of amides is 1. The van der Waals surface area contributed by atoms with Gasteiger partial charge in [-0.25, -0.2) is 0 Å². The third-order valence-corrected chi connectivity index (χ3v) is 4.13. The maximum Gasteiger partial charge on any atom is 0.417 e. The van der Waals surface area contributed by atoms with Crippen molar-refractivity contribution in [3.8, 4) is 0 Å².